The first-order valence-electron chi connectivity index (χ1n) is 11.1. The van der Waals surface area contributed by atoms with Crippen molar-refractivity contribution in [3.63, 3.8) is 0 Å². The highest BCUT2D eigenvalue weighted by Crippen LogP contribution is 2.40. The summed E-state index contributed by atoms with van der Waals surface area (Å²) in [6.45, 7) is 9.32. The minimum atomic E-state index is -1.62. The van der Waals surface area contributed by atoms with E-state index in [1.807, 2.05) is 38.1 Å². The van der Waals surface area contributed by atoms with Crippen molar-refractivity contribution in [3.8, 4) is 11.5 Å². The lowest BCUT2D eigenvalue weighted by Gasteiger charge is -2.32. The predicted octanol–water partition coefficient (Wildman–Crippen LogP) is 8.65. The van der Waals surface area contributed by atoms with E-state index >= 15 is 0 Å². The Bertz CT molecular complexity index is 1300. The first kappa shape index (κ1) is 24.3. The van der Waals surface area contributed by atoms with E-state index in [0.717, 1.165) is 27.8 Å². The molecule has 0 fully saturated rings. The number of ether oxygens (including phenoxy) is 1. The Morgan fingerprint density at radius 3 is 1.37 bits per heavy atom. The third-order valence-electron chi connectivity index (χ3n) is 6.37. The first-order chi connectivity index (χ1) is 16.7. The van der Waals surface area contributed by atoms with E-state index in [1.165, 1.54) is 12.1 Å². The molecule has 0 unspecified atom stereocenters. The maximum Gasteiger partial charge on any atom is 0.205 e. The lowest BCUT2D eigenvalue weighted by molar-refractivity contribution is 0.365. The van der Waals surface area contributed by atoms with Gasteiger partial charge in [-0.3, -0.25) is 0 Å². The second kappa shape index (κ2) is 9.41. The highest BCUT2D eigenvalue weighted by Gasteiger charge is 2.31. The third kappa shape index (κ3) is 4.34. The molecule has 0 saturated carbocycles. The summed E-state index contributed by atoms with van der Waals surface area (Å²) in [5, 5.41) is 0. The lowest BCUT2D eigenvalue weighted by Crippen LogP contribution is -2.25. The van der Waals surface area contributed by atoms with Gasteiger partial charge in [0.05, 0.1) is 5.56 Å². The van der Waals surface area contributed by atoms with Crippen molar-refractivity contribution in [3.05, 3.63) is 136 Å². The molecule has 0 heterocycles. The third-order valence-corrected chi connectivity index (χ3v) is 6.37. The molecule has 5 heteroatoms. The molecule has 0 radical (unpaired) electrons. The van der Waals surface area contributed by atoms with Gasteiger partial charge in [-0.15, -0.1) is 0 Å². The molecule has 4 aromatic rings. The van der Waals surface area contributed by atoms with Crippen LogP contribution in [0.2, 0.25) is 0 Å². The molecule has 0 saturated heterocycles. The largest absolute Gasteiger partial charge is 0.451 e. The summed E-state index contributed by atoms with van der Waals surface area (Å²) in [4.78, 5) is 0. The molecule has 4 aromatic carbocycles. The minimum Gasteiger partial charge on any atom is -0.451 e. The van der Waals surface area contributed by atoms with Crippen LogP contribution in [0.1, 0.15) is 40.3 Å². The van der Waals surface area contributed by atoms with Crippen LogP contribution in [0.4, 0.5) is 17.6 Å². The van der Waals surface area contributed by atoms with Crippen LogP contribution < -0.4 is 4.74 Å². The molecule has 0 spiro atoms. The Kier molecular flexibility index (Phi) is 6.53. The van der Waals surface area contributed by atoms with Gasteiger partial charge in [-0.1, -0.05) is 84.4 Å². The fourth-order valence-corrected chi connectivity index (χ4v) is 4.15. The summed E-state index contributed by atoms with van der Waals surface area (Å²) >= 11 is 0. The molecule has 0 bridgehead atoms. The van der Waals surface area contributed by atoms with E-state index in [1.54, 1.807) is 12.1 Å². The zero-order chi connectivity index (χ0) is 25.3. The Balaban J connectivity index is 1.76. The van der Waals surface area contributed by atoms with E-state index in [0.29, 0.717) is 6.08 Å². The minimum absolute atomic E-state index is 0.0341. The average molecular weight is 477 g/mol. The van der Waals surface area contributed by atoms with Crippen LogP contribution in [-0.4, -0.2) is 0 Å². The normalized spacial score (nSPS) is 11.4. The van der Waals surface area contributed by atoms with Crippen LogP contribution in [0.3, 0.4) is 0 Å². The molecular weight excluding hydrogens is 452 g/mol. The van der Waals surface area contributed by atoms with Gasteiger partial charge in [0, 0.05) is 5.41 Å². The highest BCUT2D eigenvalue weighted by molar-refractivity contribution is 5.54. The van der Waals surface area contributed by atoms with Crippen LogP contribution >= 0.6 is 0 Å². The van der Waals surface area contributed by atoms with Gasteiger partial charge in [-0.05, 0) is 49.6 Å². The van der Waals surface area contributed by atoms with Crippen molar-refractivity contribution < 1.29 is 22.3 Å². The van der Waals surface area contributed by atoms with Gasteiger partial charge in [0.2, 0.25) is 17.4 Å². The summed E-state index contributed by atoms with van der Waals surface area (Å²) in [6.07, 6.45) is 0.715. The highest BCUT2D eigenvalue weighted by atomic mass is 19.2. The van der Waals surface area contributed by atoms with Gasteiger partial charge in [-0.2, -0.15) is 8.78 Å². The Morgan fingerprint density at radius 2 is 1.00 bits per heavy atom. The second-order valence-electron chi connectivity index (χ2n) is 8.69. The Hall–Kier alpha value is -3.86. The second-order valence-corrected chi connectivity index (χ2v) is 8.69. The number of rotatable bonds is 6. The van der Waals surface area contributed by atoms with Gasteiger partial charge in [0.15, 0.2) is 11.6 Å². The molecule has 0 aliphatic rings. The fourth-order valence-electron chi connectivity index (χ4n) is 4.15. The Morgan fingerprint density at radius 1 is 0.629 bits per heavy atom. The summed E-state index contributed by atoms with van der Waals surface area (Å²) in [5.74, 6) is -7.46. The van der Waals surface area contributed by atoms with Crippen molar-refractivity contribution in [1.29, 1.82) is 0 Å². The van der Waals surface area contributed by atoms with Crippen molar-refractivity contribution in [2.75, 3.05) is 0 Å². The average Bonchev–Trinajstić information content (AvgIpc) is 2.86. The number of benzene rings is 4. The van der Waals surface area contributed by atoms with Crippen LogP contribution in [0.25, 0.3) is 6.08 Å². The molecule has 35 heavy (non-hydrogen) atoms. The summed E-state index contributed by atoms with van der Waals surface area (Å²) in [6, 6.07) is 23.0. The molecular formula is C30H24F4O. The van der Waals surface area contributed by atoms with Crippen molar-refractivity contribution >= 4 is 6.08 Å². The predicted molar refractivity (Wildman–Crippen MR) is 131 cm³/mol. The smallest absolute Gasteiger partial charge is 0.205 e. The molecule has 0 atom stereocenters. The van der Waals surface area contributed by atoms with Crippen molar-refractivity contribution in [2.45, 2.75) is 26.2 Å². The molecule has 4 rings (SSSR count). The van der Waals surface area contributed by atoms with Crippen LogP contribution in [0, 0.1) is 37.1 Å². The SMILES string of the molecule is C=Cc1c(F)c(F)c(Oc2ccc(C(C)(c3ccc(C)cc3)c3ccc(C)cc3)cc2)c(F)c1F. The maximum absolute atomic E-state index is 14.4. The van der Waals surface area contributed by atoms with Gasteiger partial charge in [0.25, 0.3) is 0 Å². The van der Waals surface area contributed by atoms with E-state index in [-0.39, 0.29) is 5.75 Å². The van der Waals surface area contributed by atoms with Crippen molar-refractivity contribution in [2.24, 2.45) is 0 Å². The number of halogens is 4. The van der Waals surface area contributed by atoms with E-state index in [2.05, 4.69) is 37.8 Å². The van der Waals surface area contributed by atoms with E-state index < -0.39 is 40.0 Å². The zero-order valence-corrected chi connectivity index (χ0v) is 19.6. The Labute approximate surface area is 202 Å². The molecule has 0 aliphatic carbocycles. The van der Waals surface area contributed by atoms with Crippen LogP contribution in [0.15, 0.2) is 79.4 Å². The lowest BCUT2D eigenvalue weighted by atomic mass is 9.71. The topological polar surface area (TPSA) is 9.23 Å². The van der Waals surface area contributed by atoms with E-state index in [9.17, 15) is 17.6 Å². The summed E-state index contributed by atoms with van der Waals surface area (Å²) < 4.78 is 62.3. The first-order valence-corrected chi connectivity index (χ1v) is 11.1. The molecule has 0 aromatic heterocycles. The molecule has 1 nitrogen and oxygen atoms in total. The van der Waals surface area contributed by atoms with Gasteiger partial charge in [-0.25, -0.2) is 8.78 Å². The van der Waals surface area contributed by atoms with Gasteiger partial charge < -0.3 is 4.74 Å². The molecule has 0 amide bonds. The summed E-state index contributed by atoms with van der Waals surface area (Å²) in [7, 11) is 0. The van der Waals surface area contributed by atoms with E-state index in [4.69, 9.17) is 4.74 Å². The number of hydrogen-bond donors (Lipinski definition) is 0. The summed E-state index contributed by atoms with van der Waals surface area (Å²) in [5.41, 5.74) is 3.86. The standard InChI is InChI=1S/C30H24F4O/c1-5-24-25(31)27(33)29(28(34)26(24)32)35-23-16-14-22(15-17-23)30(4,20-10-6-18(2)7-11-20)21-12-8-19(3)9-13-21/h5-17H,1H2,2-4H3. The molecule has 0 aliphatic heterocycles. The monoisotopic (exact) mass is 476 g/mol. The van der Waals surface area contributed by atoms with Gasteiger partial charge in [0.1, 0.15) is 5.75 Å². The molecule has 178 valence electrons. The van der Waals surface area contributed by atoms with Gasteiger partial charge >= 0.3 is 0 Å². The maximum atomic E-state index is 14.4. The van der Waals surface area contributed by atoms with Crippen molar-refractivity contribution in [1.82, 2.24) is 0 Å². The quantitative estimate of drug-likeness (QED) is 0.154. The fraction of sp³-hybridized carbons (Fsp3) is 0.133. The number of aryl methyl sites for hydroxylation is 2. The van der Waals surface area contributed by atoms with Crippen LogP contribution in [-0.2, 0) is 5.41 Å². The molecule has 0 N–H and O–H groups in total. The number of hydrogen-bond acceptors (Lipinski definition) is 1. The zero-order valence-electron chi connectivity index (χ0n) is 19.6. The van der Waals surface area contributed by atoms with Crippen LogP contribution in [0.5, 0.6) is 11.5 Å².